The fraction of sp³-hybridized carbons (Fsp3) is 0.810. The molecule has 3 saturated heterocycles. The quantitative estimate of drug-likeness (QED) is 0.627. The monoisotopic (exact) mass is 393 g/mol. The van der Waals surface area contributed by atoms with E-state index in [1.54, 1.807) is 13.2 Å². The van der Waals surface area contributed by atoms with Crippen molar-refractivity contribution in [2.75, 3.05) is 53.0 Å². The summed E-state index contributed by atoms with van der Waals surface area (Å²) in [6, 6.07) is 0.492. The highest BCUT2D eigenvalue weighted by Crippen LogP contribution is 2.32. The van der Waals surface area contributed by atoms with Crippen LogP contribution >= 0.6 is 0 Å². The Morgan fingerprint density at radius 3 is 2.82 bits per heavy atom. The number of rotatable bonds is 8. The zero-order valence-electron chi connectivity index (χ0n) is 17.2. The Morgan fingerprint density at radius 2 is 2.11 bits per heavy atom. The second kappa shape index (κ2) is 9.85. The van der Waals surface area contributed by atoms with E-state index < -0.39 is 0 Å². The molecule has 0 bridgehead atoms. The molecule has 0 saturated carbocycles. The standard InChI is InChI=1S/C21H35N3O4/c1-3-4-7-19(25)23-11-8-21(9-12-23,16-27-2)15-22-20(26)18-13-24-10-5-6-17(24)14-28-18/h3,17-18H,1,4-16H2,2H3,(H,22,26). The molecule has 1 N–H and O–H groups in total. The predicted molar refractivity (Wildman–Crippen MR) is 107 cm³/mol. The number of carbonyl (C=O) groups excluding carboxylic acids is 2. The second-order valence-electron chi connectivity index (χ2n) is 8.47. The number of nitrogens with zero attached hydrogens (tertiary/aromatic N) is 2. The van der Waals surface area contributed by atoms with E-state index >= 15 is 0 Å². The predicted octanol–water partition coefficient (Wildman–Crippen LogP) is 1.19. The minimum atomic E-state index is -0.380. The van der Waals surface area contributed by atoms with Crippen molar-refractivity contribution in [3.63, 3.8) is 0 Å². The van der Waals surface area contributed by atoms with Crippen molar-refractivity contribution in [1.29, 1.82) is 0 Å². The number of ether oxygens (including phenoxy) is 2. The Kier molecular flexibility index (Phi) is 7.48. The van der Waals surface area contributed by atoms with Gasteiger partial charge in [-0.1, -0.05) is 6.08 Å². The summed E-state index contributed by atoms with van der Waals surface area (Å²) < 4.78 is 11.3. The van der Waals surface area contributed by atoms with Gasteiger partial charge in [0.2, 0.25) is 11.8 Å². The Bertz CT molecular complexity index is 560. The molecule has 2 unspecified atom stereocenters. The number of fused-ring (bicyclic) bond motifs is 1. The lowest BCUT2D eigenvalue weighted by atomic mass is 9.78. The highest BCUT2D eigenvalue weighted by atomic mass is 16.5. The van der Waals surface area contributed by atoms with Gasteiger partial charge in [-0.05, 0) is 38.6 Å². The number of hydrogen-bond acceptors (Lipinski definition) is 5. The van der Waals surface area contributed by atoms with Crippen LogP contribution in [0.15, 0.2) is 12.7 Å². The average Bonchev–Trinajstić information content (AvgIpc) is 3.19. The molecule has 3 rings (SSSR count). The van der Waals surface area contributed by atoms with Crippen LogP contribution in [0, 0.1) is 5.41 Å². The van der Waals surface area contributed by atoms with Crippen molar-refractivity contribution in [2.24, 2.45) is 5.41 Å². The van der Waals surface area contributed by atoms with Crippen LogP contribution in [0.3, 0.4) is 0 Å². The van der Waals surface area contributed by atoms with Crippen molar-refractivity contribution in [3.05, 3.63) is 12.7 Å². The minimum Gasteiger partial charge on any atom is -0.384 e. The molecule has 0 radical (unpaired) electrons. The average molecular weight is 394 g/mol. The van der Waals surface area contributed by atoms with Crippen LogP contribution in [0.5, 0.6) is 0 Å². The first kappa shape index (κ1) is 21.3. The van der Waals surface area contributed by atoms with Gasteiger partial charge in [-0.15, -0.1) is 6.58 Å². The number of likely N-dealkylation sites (tertiary alicyclic amines) is 1. The lowest BCUT2D eigenvalue weighted by molar-refractivity contribution is -0.142. The van der Waals surface area contributed by atoms with Crippen molar-refractivity contribution in [3.8, 4) is 0 Å². The summed E-state index contributed by atoms with van der Waals surface area (Å²) in [4.78, 5) is 29.2. The number of carbonyl (C=O) groups is 2. The summed E-state index contributed by atoms with van der Waals surface area (Å²) >= 11 is 0. The molecule has 28 heavy (non-hydrogen) atoms. The number of allylic oxidation sites excluding steroid dienone is 1. The molecule has 0 aliphatic carbocycles. The van der Waals surface area contributed by atoms with E-state index in [2.05, 4.69) is 16.8 Å². The highest BCUT2D eigenvalue weighted by molar-refractivity contribution is 5.81. The van der Waals surface area contributed by atoms with E-state index in [4.69, 9.17) is 9.47 Å². The SMILES string of the molecule is C=CCCC(=O)N1CCC(CNC(=O)C2CN3CCCC3CO2)(COC)CC1. The van der Waals surface area contributed by atoms with E-state index in [0.29, 0.717) is 58.3 Å². The van der Waals surface area contributed by atoms with E-state index in [9.17, 15) is 9.59 Å². The Labute approximate surface area is 168 Å². The van der Waals surface area contributed by atoms with Gasteiger partial charge in [-0.2, -0.15) is 0 Å². The molecule has 3 heterocycles. The van der Waals surface area contributed by atoms with E-state index in [-0.39, 0.29) is 23.3 Å². The van der Waals surface area contributed by atoms with Crippen LogP contribution in [0.2, 0.25) is 0 Å². The number of nitrogens with one attached hydrogen (secondary N) is 1. The van der Waals surface area contributed by atoms with Gasteiger partial charge in [0, 0.05) is 51.2 Å². The van der Waals surface area contributed by atoms with Crippen LogP contribution in [-0.4, -0.2) is 86.8 Å². The van der Waals surface area contributed by atoms with Crippen LogP contribution in [-0.2, 0) is 19.1 Å². The largest absolute Gasteiger partial charge is 0.384 e. The fourth-order valence-corrected chi connectivity index (χ4v) is 4.66. The maximum absolute atomic E-state index is 12.7. The molecule has 158 valence electrons. The van der Waals surface area contributed by atoms with Crippen LogP contribution in [0.25, 0.3) is 0 Å². The third-order valence-electron chi connectivity index (χ3n) is 6.51. The van der Waals surface area contributed by atoms with Crippen molar-refractivity contribution < 1.29 is 19.1 Å². The molecule has 2 atom stereocenters. The Morgan fingerprint density at radius 1 is 1.32 bits per heavy atom. The maximum Gasteiger partial charge on any atom is 0.250 e. The van der Waals surface area contributed by atoms with Gasteiger partial charge in [0.25, 0.3) is 0 Å². The summed E-state index contributed by atoms with van der Waals surface area (Å²) in [5, 5.41) is 3.12. The molecule has 7 nitrogen and oxygen atoms in total. The van der Waals surface area contributed by atoms with Gasteiger partial charge in [0.05, 0.1) is 13.2 Å². The highest BCUT2D eigenvalue weighted by Gasteiger charge is 2.39. The maximum atomic E-state index is 12.7. The molecular formula is C21H35N3O4. The van der Waals surface area contributed by atoms with Crippen LogP contribution in [0.1, 0.15) is 38.5 Å². The van der Waals surface area contributed by atoms with Crippen molar-refractivity contribution in [2.45, 2.75) is 50.7 Å². The van der Waals surface area contributed by atoms with Crippen molar-refractivity contribution >= 4 is 11.8 Å². The van der Waals surface area contributed by atoms with Gasteiger partial charge < -0.3 is 19.7 Å². The Hall–Kier alpha value is -1.44. The number of methoxy groups -OCH3 is 1. The number of morpholine rings is 1. The minimum absolute atomic E-state index is 0.0229. The zero-order chi connectivity index (χ0) is 20.0. The molecule has 3 aliphatic heterocycles. The van der Waals surface area contributed by atoms with Crippen LogP contribution in [0.4, 0.5) is 0 Å². The molecule has 0 aromatic carbocycles. The van der Waals surface area contributed by atoms with E-state index in [0.717, 1.165) is 19.4 Å². The summed E-state index contributed by atoms with van der Waals surface area (Å²) in [5.41, 5.74) is -0.121. The molecule has 2 amide bonds. The molecule has 0 aromatic rings. The summed E-state index contributed by atoms with van der Waals surface area (Å²) in [6.07, 6.45) is 6.68. The van der Waals surface area contributed by atoms with Gasteiger partial charge >= 0.3 is 0 Å². The van der Waals surface area contributed by atoms with Gasteiger partial charge in [0.1, 0.15) is 6.10 Å². The third-order valence-corrected chi connectivity index (χ3v) is 6.51. The number of hydrogen-bond donors (Lipinski definition) is 1. The van der Waals surface area contributed by atoms with Gasteiger partial charge in [-0.25, -0.2) is 0 Å². The lowest BCUT2D eigenvalue weighted by Crippen LogP contribution is -2.55. The van der Waals surface area contributed by atoms with Gasteiger partial charge in [0.15, 0.2) is 0 Å². The van der Waals surface area contributed by atoms with E-state index in [1.165, 1.54) is 12.8 Å². The zero-order valence-corrected chi connectivity index (χ0v) is 17.2. The third kappa shape index (κ3) is 5.13. The molecular weight excluding hydrogens is 358 g/mol. The first-order valence-corrected chi connectivity index (χ1v) is 10.6. The molecule has 3 aliphatic rings. The molecule has 0 spiro atoms. The summed E-state index contributed by atoms with van der Waals surface area (Å²) in [6.45, 7) is 8.68. The molecule has 0 aromatic heterocycles. The smallest absolute Gasteiger partial charge is 0.250 e. The summed E-state index contributed by atoms with van der Waals surface area (Å²) in [5.74, 6) is 0.163. The lowest BCUT2D eigenvalue weighted by Gasteiger charge is -2.42. The number of amides is 2. The van der Waals surface area contributed by atoms with Crippen LogP contribution < -0.4 is 5.32 Å². The number of piperidine rings is 1. The van der Waals surface area contributed by atoms with Crippen molar-refractivity contribution in [1.82, 2.24) is 15.1 Å². The first-order chi connectivity index (χ1) is 13.6. The second-order valence-corrected chi connectivity index (χ2v) is 8.47. The van der Waals surface area contributed by atoms with E-state index in [1.807, 2.05) is 4.90 Å². The first-order valence-electron chi connectivity index (χ1n) is 10.6. The normalized spacial score (nSPS) is 27.2. The van der Waals surface area contributed by atoms with Gasteiger partial charge in [-0.3, -0.25) is 14.5 Å². The summed E-state index contributed by atoms with van der Waals surface area (Å²) in [7, 11) is 1.70. The molecule has 7 heteroatoms. The topological polar surface area (TPSA) is 71.1 Å². The molecule has 3 fully saturated rings. The fourth-order valence-electron chi connectivity index (χ4n) is 4.66. The Balaban J connectivity index is 1.48.